The predicted octanol–water partition coefficient (Wildman–Crippen LogP) is 4.19. The number of methoxy groups -OCH3 is 1. The fourth-order valence-corrected chi connectivity index (χ4v) is 3.28. The highest BCUT2D eigenvalue weighted by Crippen LogP contribution is 2.21. The molecule has 0 saturated carbocycles. The SMILES string of the molecule is CCc1cnc(CNC(=NC)NCCC(C)c2ccc(OC)cc2)s1.I. The molecule has 1 atom stereocenters. The second-order valence-electron chi connectivity index (χ2n) is 5.89. The van der Waals surface area contributed by atoms with Crippen molar-refractivity contribution in [2.75, 3.05) is 20.7 Å². The number of hydrogen-bond acceptors (Lipinski definition) is 4. The summed E-state index contributed by atoms with van der Waals surface area (Å²) in [6.45, 7) is 5.96. The molecule has 0 saturated heterocycles. The van der Waals surface area contributed by atoms with Crippen molar-refractivity contribution in [3.63, 3.8) is 0 Å². The monoisotopic (exact) mass is 488 g/mol. The van der Waals surface area contributed by atoms with Gasteiger partial charge >= 0.3 is 0 Å². The van der Waals surface area contributed by atoms with Crippen LogP contribution < -0.4 is 15.4 Å². The average molecular weight is 488 g/mol. The van der Waals surface area contributed by atoms with Gasteiger partial charge in [0.25, 0.3) is 0 Å². The maximum Gasteiger partial charge on any atom is 0.191 e. The third kappa shape index (κ3) is 7.11. The Hall–Kier alpha value is -1.35. The van der Waals surface area contributed by atoms with Gasteiger partial charge in [-0.05, 0) is 36.5 Å². The molecule has 0 amide bonds. The zero-order valence-electron chi connectivity index (χ0n) is 15.9. The molecular weight excluding hydrogens is 459 g/mol. The lowest BCUT2D eigenvalue weighted by Crippen LogP contribution is -2.37. The lowest BCUT2D eigenvalue weighted by Gasteiger charge is -2.15. The summed E-state index contributed by atoms with van der Waals surface area (Å²) in [7, 11) is 3.48. The van der Waals surface area contributed by atoms with Crippen molar-refractivity contribution in [3.8, 4) is 5.75 Å². The van der Waals surface area contributed by atoms with Crippen molar-refractivity contribution in [2.24, 2.45) is 4.99 Å². The van der Waals surface area contributed by atoms with Crippen LogP contribution in [0.5, 0.6) is 5.75 Å². The van der Waals surface area contributed by atoms with E-state index in [0.29, 0.717) is 12.5 Å². The van der Waals surface area contributed by atoms with Crippen molar-refractivity contribution < 1.29 is 4.74 Å². The van der Waals surface area contributed by atoms with Crippen molar-refractivity contribution in [2.45, 2.75) is 39.2 Å². The van der Waals surface area contributed by atoms with Gasteiger partial charge in [0.1, 0.15) is 10.8 Å². The predicted molar refractivity (Wildman–Crippen MR) is 121 cm³/mol. The first-order chi connectivity index (χ1) is 12.2. The van der Waals surface area contributed by atoms with Crippen molar-refractivity contribution in [3.05, 3.63) is 45.9 Å². The van der Waals surface area contributed by atoms with Crippen LogP contribution in [-0.2, 0) is 13.0 Å². The minimum atomic E-state index is 0. The number of hydrogen-bond donors (Lipinski definition) is 2. The first-order valence-corrected chi connectivity index (χ1v) is 9.50. The van der Waals surface area contributed by atoms with Gasteiger partial charge in [0.2, 0.25) is 0 Å². The summed E-state index contributed by atoms with van der Waals surface area (Å²) in [5, 5.41) is 7.79. The number of nitrogens with one attached hydrogen (secondary N) is 2. The number of thiazole rings is 1. The van der Waals surface area contributed by atoms with Gasteiger partial charge in [0.05, 0.1) is 13.7 Å². The molecule has 1 aromatic carbocycles. The Kier molecular flexibility index (Phi) is 10.6. The van der Waals surface area contributed by atoms with Gasteiger partial charge < -0.3 is 15.4 Å². The molecule has 0 radical (unpaired) electrons. The highest BCUT2D eigenvalue weighted by Gasteiger charge is 2.07. The van der Waals surface area contributed by atoms with E-state index in [-0.39, 0.29) is 24.0 Å². The Morgan fingerprint density at radius 2 is 2.00 bits per heavy atom. The van der Waals surface area contributed by atoms with Gasteiger partial charge in [-0.2, -0.15) is 0 Å². The quantitative estimate of drug-likeness (QED) is 0.333. The number of halogens is 1. The van der Waals surface area contributed by atoms with E-state index in [2.05, 4.69) is 46.6 Å². The van der Waals surface area contributed by atoms with Crippen LogP contribution in [0.2, 0.25) is 0 Å². The van der Waals surface area contributed by atoms with Crippen LogP contribution in [0.3, 0.4) is 0 Å². The second kappa shape index (κ2) is 12.1. The minimum Gasteiger partial charge on any atom is -0.497 e. The molecule has 0 aliphatic rings. The Morgan fingerprint density at radius 3 is 2.58 bits per heavy atom. The number of aliphatic imine (C=N–C) groups is 1. The number of benzene rings is 1. The number of nitrogens with zero attached hydrogens (tertiary/aromatic N) is 2. The number of rotatable bonds is 8. The molecule has 7 heteroatoms. The molecule has 0 spiro atoms. The molecule has 2 N–H and O–H groups in total. The number of aromatic nitrogens is 1. The van der Waals surface area contributed by atoms with Crippen LogP contribution in [0.15, 0.2) is 35.5 Å². The lowest BCUT2D eigenvalue weighted by molar-refractivity contribution is 0.414. The molecule has 0 bridgehead atoms. The van der Waals surface area contributed by atoms with Gasteiger partial charge in [-0.3, -0.25) is 4.99 Å². The summed E-state index contributed by atoms with van der Waals surface area (Å²) in [5.41, 5.74) is 1.32. The molecule has 0 aliphatic heterocycles. The van der Waals surface area contributed by atoms with Crippen LogP contribution >= 0.6 is 35.3 Å². The van der Waals surface area contributed by atoms with Crippen molar-refractivity contribution >= 4 is 41.3 Å². The summed E-state index contributed by atoms with van der Waals surface area (Å²) < 4.78 is 5.21. The van der Waals surface area contributed by atoms with E-state index in [1.54, 1.807) is 25.5 Å². The molecule has 2 rings (SSSR count). The first-order valence-electron chi connectivity index (χ1n) is 8.68. The highest BCUT2D eigenvalue weighted by molar-refractivity contribution is 14.0. The van der Waals surface area contributed by atoms with E-state index in [1.807, 2.05) is 18.3 Å². The van der Waals surface area contributed by atoms with Gasteiger partial charge in [0.15, 0.2) is 5.96 Å². The Labute approximate surface area is 177 Å². The van der Waals surface area contributed by atoms with Crippen LogP contribution in [0, 0.1) is 0 Å². The summed E-state index contributed by atoms with van der Waals surface area (Å²) in [6.07, 6.45) is 4.02. The van der Waals surface area contributed by atoms with Gasteiger partial charge in [-0.15, -0.1) is 35.3 Å². The Bertz CT molecular complexity index is 672. The van der Waals surface area contributed by atoms with Crippen molar-refractivity contribution in [1.82, 2.24) is 15.6 Å². The van der Waals surface area contributed by atoms with E-state index in [1.165, 1.54) is 10.4 Å². The number of aryl methyl sites for hydroxylation is 1. The standard InChI is InChI=1S/C19H28N4OS.HI/c1-5-17-12-22-18(25-17)13-23-19(20-3)21-11-10-14(2)15-6-8-16(24-4)9-7-15;/h6-9,12,14H,5,10-11,13H2,1-4H3,(H2,20,21,23);1H. The number of guanidine groups is 1. The molecule has 1 aromatic heterocycles. The van der Waals surface area contributed by atoms with E-state index in [9.17, 15) is 0 Å². The van der Waals surface area contributed by atoms with Crippen LogP contribution in [0.4, 0.5) is 0 Å². The van der Waals surface area contributed by atoms with Crippen LogP contribution in [-0.4, -0.2) is 31.6 Å². The summed E-state index contributed by atoms with van der Waals surface area (Å²) >= 11 is 1.75. The largest absolute Gasteiger partial charge is 0.497 e. The smallest absolute Gasteiger partial charge is 0.191 e. The zero-order valence-corrected chi connectivity index (χ0v) is 19.1. The van der Waals surface area contributed by atoms with Gasteiger partial charge in [-0.25, -0.2) is 4.98 Å². The molecule has 5 nitrogen and oxygen atoms in total. The van der Waals surface area contributed by atoms with E-state index in [4.69, 9.17) is 4.74 Å². The second-order valence-corrected chi connectivity index (χ2v) is 7.09. The third-order valence-corrected chi connectivity index (χ3v) is 5.28. The van der Waals surface area contributed by atoms with Crippen LogP contribution in [0.25, 0.3) is 0 Å². The molecule has 1 unspecified atom stereocenters. The number of ether oxygens (including phenoxy) is 1. The van der Waals surface area contributed by atoms with Gasteiger partial charge in [-0.1, -0.05) is 26.0 Å². The molecule has 2 aromatic rings. The lowest BCUT2D eigenvalue weighted by atomic mass is 9.98. The molecule has 144 valence electrons. The van der Waals surface area contributed by atoms with Crippen LogP contribution in [0.1, 0.15) is 41.6 Å². The Balaban J connectivity index is 0.00000338. The van der Waals surface area contributed by atoms with Crippen molar-refractivity contribution in [1.29, 1.82) is 0 Å². The van der Waals surface area contributed by atoms with Gasteiger partial charge in [0, 0.05) is 24.7 Å². The zero-order chi connectivity index (χ0) is 18.1. The normalized spacial score (nSPS) is 12.2. The molecule has 26 heavy (non-hydrogen) atoms. The maximum absolute atomic E-state index is 5.21. The Morgan fingerprint density at radius 1 is 1.27 bits per heavy atom. The third-order valence-electron chi connectivity index (χ3n) is 4.14. The molecule has 1 heterocycles. The summed E-state index contributed by atoms with van der Waals surface area (Å²) in [6, 6.07) is 8.28. The topological polar surface area (TPSA) is 58.5 Å². The maximum atomic E-state index is 5.21. The van der Waals surface area contributed by atoms with E-state index >= 15 is 0 Å². The first kappa shape index (κ1) is 22.7. The molecule has 0 fully saturated rings. The van der Waals surface area contributed by atoms with E-state index in [0.717, 1.165) is 36.1 Å². The summed E-state index contributed by atoms with van der Waals surface area (Å²) in [4.78, 5) is 10.0. The molecule has 0 aliphatic carbocycles. The fourth-order valence-electron chi connectivity index (χ4n) is 2.48. The fraction of sp³-hybridized carbons (Fsp3) is 0.474. The minimum absolute atomic E-state index is 0. The summed E-state index contributed by atoms with van der Waals surface area (Å²) in [5.74, 6) is 2.19. The molecular formula is C19H29IN4OS. The average Bonchev–Trinajstić information content (AvgIpc) is 3.12. The van der Waals surface area contributed by atoms with E-state index < -0.39 is 0 Å². The highest BCUT2D eigenvalue weighted by atomic mass is 127.